The summed E-state index contributed by atoms with van der Waals surface area (Å²) in [7, 11) is 1.37. The average Bonchev–Trinajstić information content (AvgIpc) is 2.43. The molecule has 0 bridgehead atoms. The number of hydrogen-bond acceptors (Lipinski definition) is 4. The summed E-state index contributed by atoms with van der Waals surface area (Å²) in [6.45, 7) is 1.05. The van der Waals surface area contributed by atoms with Gasteiger partial charge in [-0.2, -0.15) is 13.2 Å². The largest absolute Gasteiger partial charge is 0.405 e. The highest BCUT2D eigenvalue weighted by atomic mass is 32.1. The molecule has 1 heterocycles. The Morgan fingerprint density at radius 1 is 1.47 bits per heavy atom. The highest BCUT2D eigenvalue weighted by molar-refractivity contribution is 7.15. The van der Waals surface area contributed by atoms with E-state index < -0.39 is 12.7 Å². The molecule has 0 saturated heterocycles. The third-order valence-corrected chi connectivity index (χ3v) is 3.10. The number of halogens is 3. The molecule has 2 N–H and O–H groups in total. The van der Waals surface area contributed by atoms with Gasteiger partial charge in [0.1, 0.15) is 6.54 Å². The highest BCUT2D eigenvalue weighted by Gasteiger charge is 2.30. The predicted molar refractivity (Wildman–Crippen MR) is 54.1 cm³/mol. The minimum atomic E-state index is -4.21. The maximum absolute atomic E-state index is 12.1. The third kappa shape index (κ3) is 3.35. The minimum absolute atomic E-state index is 0.309. The Hall–Kier alpha value is -0.820. The van der Waals surface area contributed by atoms with Crippen molar-refractivity contribution in [2.45, 2.75) is 19.6 Å². The van der Waals surface area contributed by atoms with Gasteiger partial charge in [0.25, 0.3) is 0 Å². The van der Waals surface area contributed by atoms with Gasteiger partial charge in [-0.1, -0.05) is 0 Å². The van der Waals surface area contributed by atoms with Gasteiger partial charge in [-0.05, 0) is 6.92 Å². The second-order valence-electron chi connectivity index (χ2n) is 3.18. The molecule has 1 aromatic heterocycles. The summed E-state index contributed by atoms with van der Waals surface area (Å²) in [4.78, 5) is 5.93. The number of anilines is 1. The van der Waals surface area contributed by atoms with E-state index in [-0.39, 0.29) is 0 Å². The number of rotatable bonds is 3. The Morgan fingerprint density at radius 3 is 2.47 bits per heavy atom. The fraction of sp³-hybridized carbons (Fsp3) is 0.625. The van der Waals surface area contributed by atoms with Gasteiger partial charge in [0.2, 0.25) is 0 Å². The van der Waals surface area contributed by atoms with Gasteiger partial charge in [0.15, 0.2) is 5.13 Å². The molecule has 86 valence electrons. The van der Waals surface area contributed by atoms with Gasteiger partial charge in [0, 0.05) is 18.5 Å². The van der Waals surface area contributed by atoms with Gasteiger partial charge in [0.05, 0.1) is 5.69 Å². The normalized spacial score (nSPS) is 11.9. The first-order valence-electron chi connectivity index (χ1n) is 4.27. The van der Waals surface area contributed by atoms with Crippen LogP contribution in [-0.2, 0) is 6.54 Å². The molecule has 0 spiro atoms. The summed E-state index contributed by atoms with van der Waals surface area (Å²) >= 11 is 1.20. The van der Waals surface area contributed by atoms with Crippen molar-refractivity contribution in [2.24, 2.45) is 5.73 Å². The SMILES string of the molecule is Cc1nc(N(C)CC(F)(F)F)sc1CN. The zero-order chi connectivity index (χ0) is 11.6. The molecule has 0 radical (unpaired) electrons. The number of nitrogens with zero attached hydrogens (tertiary/aromatic N) is 2. The molecule has 0 amide bonds. The fourth-order valence-corrected chi connectivity index (χ4v) is 2.00. The van der Waals surface area contributed by atoms with Crippen molar-refractivity contribution in [3.05, 3.63) is 10.6 Å². The van der Waals surface area contributed by atoms with E-state index >= 15 is 0 Å². The molecule has 1 aromatic rings. The monoisotopic (exact) mass is 239 g/mol. The molecule has 0 aromatic carbocycles. The number of hydrogen-bond donors (Lipinski definition) is 1. The zero-order valence-electron chi connectivity index (χ0n) is 8.43. The van der Waals surface area contributed by atoms with Crippen LogP contribution in [0.3, 0.4) is 0 Å². The van der Waals surface area contributed by atoms with E-state index in [1.54, 1.807) is 6.92 Å². The standard InChI is InChI=1S/C8H12F3N3S/c1-5-6(3-12)15-7(13-5)14(2)4-8(9,10)11/h3-4,12H2,1-2H3. The number of nitrogens with two attached hydrogens (primary N) is 1. The molecule has 7 heteroatoms. The Labute approximate surface area is 89.7 Å². The van der Waals surface area contributed by atoms with Gasteiger partial charge < -0.3 is 10.6 Å². The van der Waals surface area contributed by atoms with Crippen LogP contribution in [0.1, 0.15) is 10.6 Å². The van der Waals surface area contributed by atoms with Crippen LogP contribution in [0.25, 0.3) is 0 Å². The zero-order valence-corrected chi connectivity index (χ0v) is 9.24. The first-order chi connectivity index (χ1) is 6.83. The van der Waals surface area contributed by atoms with E-state index in [4.69, 9.17) is 5.73 Å². The summed E-state index contributed by atoms with van der Waals surface area (Å²) < 4.78 is 36.3. The van der Waals surface area contributed by atoms with Gasteiger partial charge in [-0.3, -0.25) is 0 Å². The summed E-state index contributed by atoms with van der Waals surface area (Å²) in [6.07, 6.45) is -4.21. The van der Waals surface area contributed by atoms with Gasteiger partial charge in [-0.15, -0.1) is 11.3 Å². The first kappa shape index (κ1) is 12.3. The Bertz CT molecular complexity index is 334. The van der Waals surface area contributed by atoms with Crippen LogP contribution in [0.15, 0.2) is 0 Å². The van der Waals surface area contributed by atoms with E-state index in [1.807, 2.05) is 0 Å². The van der Waals surface area contributed by atoms with E-state index in [0.29, 0.717) is 17.4 Å². The van der Waals surface area contributed by atoms with Gasteiger partial charge >= 0.3 is 6.18 Å². The molecule has 0 aliphatic heterocycles. The molecule has 0 saturated carbocycles. The lowest BCUT2D eigenvalue weighted by molar-refractivity contribution is -0.119. The second-order valence-corrected chi connectivity index (χ2v) is 4.24. The predicted octanol–water partition coefficient (Wildman–Crippen LogP) is 1.91. The van der Waals surface area contributed by atoms with Crippen molar-refractivity contribution >= 4 is 16.5 Å². The van der Waals surface area contributed by atoms with Crippen LogP contribution in [-0.4, -0.2) is 24.8 Å². The molecule has 0 unspecified atom stereocenters. The molecular weight excluding hydrogens is 227 g/mol. The maximum Gasteiger partial charge on any atom is 0.405 e. The second kappa shape index (κ2) is 4.36. The molecular formula is C8H12F3N3S. The van der Waals surface area contributed by atoms with E-state index in [2.05, 4.69) is 4.98 Å². The summed E-state index contributed by atoms with van der Waals surface area (Å²) in [5.74, 6) is 0. The molecule has 0 fully saturated rings. The van der Waals surface area contributed by atoms with Crippen molar-refractivity contribution in [1.29, 1.82) is 0 Å². The molecule has 3 nitrogen and oxygen atoms in total. The smallest absolute Gasteiger partial charge is 0.342 e. The molecule has 0 atom stereocenters. The van der Waals surface area contributed by atoms with Crippen LogP contribution in [0.4, 0.5) is 18.3 Å². The topological polar surface area (TPSA) is 42.2 Å². The molecule has 0 aliphatic rings. The molecule has 1 rings (SSSR count). The third-order valence-electron chi connectivity index (χ3n) is 1.81. The summed E-state index contributed by atoms with van der Waals surface area (Å²) in [5, 5.41) is 0.352. The van der Waals surface area contributed by atoms with Crippen molar-refractivity contribution in [1.82, 2.24) is 4.98 Å². The van der Waals surface area contributed by atoms with Crippen LogP contribution in [0, 0.1) is 6.92 Å². The lowest BCUT2D eigenvalue weighted by Gasteiger charge is -2.17. The minimum Gasteiger partial charge on any atom is -0.342 e. The van der Waals surface area contributed by atoms with Crippen molar-refractivity contribution in [3.63, 3.8) is 0 Å². The first-order valence-corrected chi connectivity index (χ1v) is 5.09. The van der Waals surface area contributed by atoms with E-state index in [0.717, 1.165) is 9.78 Å². The van der Waals surface area contributed by atoms with E-state index in [1.165, 1.54) is 18.4 Å². The Kier molecular flexibility index (Phi) is 3.56. The number of alkyl halides is 3. The average molecular weight is 239 g/mol. The van der Waals surface area contributed by atoms with Crippen LogP contribution in [0.2, 0.25) is 0 Å². The summed E-state index contributed by atoms with van der Waals surface area (Å²) in [5.41, 5.74) is 6.12. The fourth-order valence-electron chi connectivity index (χ4n) is 1.10. The number of aryl methyl sites for hydroxylation is 1. The van der Waals surface area contributed by atoms with Crippen LogP contribution < -0.4 is 10.6 Å². The van der Waals surface area contributed by atoms with Crippen molar-refractivity contribution in [2.75, 3.05) is 18.5 Å². The Morgan fingerprint density at radius 2 is 2.07 bits per heavy atom. The number of thiazole rings is 1. The van der Waals surface area contributed by atoms with E-state index in [9.17, 15) is 13.2 Å². The lowest BCUT2D eigenvalue weighted by atomic mass is 10.4. The van der Waals surface area contributed by atoms with Gasteiger partial charge in [-0.25, -0.2) is 4.98 Å². The van der Waals surface area contributed by atoms with Crippen LogP contribution in [0.5, 0.6) is 0 Å². The Balaban J connectivity index is 2.78. The van der Waals surface area contributed by atoms with Crippen molar-refractivity contribution < 1.29 is 13.2 Å². The maximum atomic E-state index is 12.1. The lowest BCUT2D eigenvalue weighted by Crippen LogP contribution is -2.30. The molecule has 15 heavy (non-hydrogen) atoms. The number of aromatic nitrogens is 1. The summed E-state index contributed by atoms with van der Waals surface area (Å²) in [6, 6.07) is 0. The molecule has 0 aliphatic carbocycles. The van der Waals surface area contributed by atoms with Crippen LogP contribution >= 0.6 is 11.3 Å². The quantitative estimate of drug-likeness (QED) is 0.876. The van der Waals surface area contributed by atoms with Crippen molar-refractivity contribution in [3.8, 4) is 0 Å². The highest BCUT2D eigenvalue weighted by Crippen LogP contribution is 2.27.